The van der Waals surface area contributed by atoms with Crippen LogP contribution in [0.4, 0.5) is 0 Å². The Kier molecular flexibility index (Phi) is 4.40. The molecule has 0 amide bonds. The van der Waals surface area contributed by atoms with Gasteiger partial charge in [-0.15, -0.1) is 0 Å². The number of hydrogen-bond donors (Lipinski definition) is 2. The summed E-state index contributed by atoms with van der Waals surface area (Å²) in [4.78, 5) is 22.3. The Morgan fingerprint density at radius 3 is 2.35 bits per heavy atom. The zero-order valence-electron chi connectivity index (χ0n) is 13.2. The normalized spacial score (nSPS) is 12.2. The summed E-state index contributed by atoms with van der Waals surface area (Å²) in [5.41, 5.74) is -0.355. The fourth-order valence-corrected chi connectivity index (χ4v) is 2.32. The zero-order chi connectivity index (χ0) is 17.2. The summed E-state index contributed by atoms with van der Waals surface area (Å²) >= 11 is 0. The molecule has 0 atom stereocenters. The third kappa shape index (κ3) is 3.51. The van der Waals surface area contributed by atoms with Crippen LogP contribution >= 0.6 is 0 Å². The number of aliphatic carboxylic acids is 2. The Hall–Kier alpha value is -2.82. The first-order chi connectivity index (χ1) is 10.7. The molecule has 120 valence electrons. The summed E-state index contributed by atoms with van der Waals surface area (Å²) < 4.78 is 5.67. The third-order valence-electron chi connectivity index (χ3n) is 3.51. The number of carboxylic acid groups (broad SMARTS) is 2. The Bertz CT molecular complexity index is 802. The Morgan fingerprint density at radius 1 is 1.09 bits per heavy atom. The number of rotatable bonds is 5. The number of ether oxygens (including phenoxy) is 1. The van der Waals surface area contributed by atoms with Gasteiger partial charge in [-0.25, -0.2) is 9.59 Å². The lowest BCUT2D eigenvalue weighted by Gasteiger charge is -2.24. The molecule has 2 aromatic rings. The SMILES string of the molecule is C/C(=C\C(=O)O)c1c(OC(C)(C)C(=O)O)ccc2ccccc12. The molecular weight excluding hydrogens is 296 g/mol. The summed E-state index contributed by atoms with van der Waals surface area (Å²) in [5, 5.41) is 20.0. The third-order valence-corrected chi connectivity index (χ3v) is 3.51. The number of fused-ring (bicyclic) bond motifs is 1. The molecule has 0 aliphatic rings. The summed E-state index contributed by atoms with van der Waals surface area (Å²) in [5.74, 6) is -1.83. The second-order valence-electron chi connectivity index (χ2n) is 5.74. The molecule has 5 nitrogen and oxygen atoms in total. The molecular formula is C18H18O5. The summed E-state index contributed by atoms with van der Waals surface area (Å²) in [7, 11) is 0. The molecule has 0 saturated heterocycles. The van der Waals surface area contributed by atoms with Crippen LogP contribution in [-0.4, -0.2) is 27.8 Å². The second kappa shape index (κ2) is 6.12. The van der Waals surface area contributed by atoms with Gasteiger partial charge in [-0.1, -0.05) is 30.3 Å². The number of allylic oxidation sites excluding steroid dienone is 1. The first-order valence-corrected chi connectivity index (χ1v) is 7.08. The number of benzene rings is 2. The molecule has 2 N–H and O–H groups in total. The molecule has 0 aliphatic carbocycles. The molecule has 0 fully saturated rings. The van der Waals surface area contributed by atoms with E-state index in [2.05, 4.69) is 0 Å². The van der Waals surface area contributed by atoms with Crippen molar-refractivity contribution >= 4 is 28.3 Å². The molecule has 0 unspecified atom stereocenters. The highest BCUT2D eigenvalue weighted by molar-refractivity contribution is 6.00. The maximum Gasteiger partial charge on any atom is 0.347 e. The summed E-state index contributed by atoms with van der Waals surface area (Å²) in [6.07, 6.45) is 1.09. The number of carbonyl (C=O) groups is 2. The Morgan fingerprint density at radius 2 is 1.74 bits per heavy atom. The van der Waals surface area contributed by atoms with Crippen LogP contribution in [0.2, 0.25) is 0 Å². The van der Waals surface area contributed by atoms with Gasteiger partial charge >= 0.3 is 11.9 Å². The predicted molar refractivity (Wildman–Crippen MR) is 87.6 cm³/mol. The minimum Gasteiger partial charge on any atom is -0.478 e. The van der Waals surface area contributed by atoms with Crippen molar-refractivity contribution < 1.29 is 24.5 Å². The lowest BCUT2D eigenvalue weighted by atomic mass is 9.97. The van der Waals surface area contributed by atoms with Crippen molar-refractivity contribution in [2.45, 2.75) is 26.4 Å². The minimum absolute atomic E-state index is 0.339. The van der Waals surface area contributed by atoms with Crippen molar-refractivity contribution in [1.29, 1.82) is 0 Å². The zero-order valence-corrected chi connectivity index (χ0v) is 13.2. The van der Waals surface area contributed by atoms with Gasteiger partial charge in [-0.2, -0.15) is 0 Å². The predicted octanol–water partition coefficient (Wildman–Crippen LogP) is 3.57. The van der Waals surface area contributed by atoms with Crippen LogP contribution < -0.4 is 4.74 Å². The quantitative estimate of drug-likeness (QED) is 0.824. The monoisotopic (exact) mass is 314 g/mol. The highest BCUT2D eigenvalue weighted by Crippen LogP contribution is 2.35. The van der Waals surface area contributed by atoms with E-state index in [0.29, 0.717) is 16.9 Å². The van der Waals surface area contributed by atoms with Crippen molar-refractivity contribution in [2.24, 2.45) is 0 Å². The van der Waals surface area contributed by atoms with E-state index >= 15 is 0 Å². The molecule has 0 saturated carbocycles. The van der Waals surface area contributed by atoms with E-state index in [-0.39, 0.29) is 0 Å². The van der Waals surface area contributed by atoms with E-state index in [0.717, 1.165) is 16.8 Å². The smallest absolute Gasteiger partial charge is 0.347 e. The van der Waals surface area contributed by atoms with Crippen LogP contribution in [0.1, 0.15) is 26.3 Å². The highest BCUT2D eigenvalue weighted by atomic mass is 16.5. The van der Waals surface area contributed by atoms with Gasteiger partial charge in [0.25, 0.3) is 0 Å². The average Bonchev–Trinajstić information content (AvgIpc) is 2.45. The van der Waals surface area contributed by atoms with E-state index in [1.807, 2.05) is 30.3 Å². The van der Waals surface area contributed by atoms with Crippen LogP contribution in [0.15, 0.2) is 42.5 Å². The van der Waals surface area contributed by atoms with E-state index in [4.69, 9.17) is 9.84 Å². The molecule has 0 aliphatic heterocycles. The van der Waals surface area contributed by atoms with Gasteiger partial charge in [0.15, 0.2) is 5.60 Å². The minimum atomic E-state index is -1.43. The molecule has 23 heavy (non-hydrogen) atoms. The summed E-state index contributed by atoms with van der Waals surface area (Å²) in [6, 6.07) is 11.0. The van der Waals surface area contributed by atoms with Gasteiger partial charge in [0, 0.05) is 11.6 Å². The average molecular weight is 314 g/mol. The first kappa shape index (κ1) is 16.5. The first-order valence-electron chi connectivity index (χ1n) is 7.08. The molecule has 2 aromatic carbocycles. The van der Waals surface area contributed by atoms with Gasteiger partial charge in [0.05, 0.1) is 0 Å². The molecule has 0 aromatic heterocycles. The molecule has 0 radical (unpaired) electrons. The van der Waals surface area contributed by atoms with Crippen molar-refractivity contribution in [3.8, 4) is 5.75 Å². The largest absolute Gasteiger partial charge is 0.478 e. The van der Waals surface area contributed by atoms with E-state index in [1.54, 1.807) is 13.0 Å². The van der Waals surface area contributed by atoms with Gasteiger partial charge in [-0.3, -0.25) is 0 Å². The van der Waals surface area contributed by atoms with Gasteiger partial charge in [0.1, 0.15) is 5.75 Å². The van der Waals surface area contributed by atoms with Crippen LogP contribution in [0, 0.1) is 0 Å². The molecule has 5 heteroatoms. The van der Waals surface area contributed by atoms with Gasteiger partial charge < -0.3 is 14.9 Å². The van der Waals surface area contributed by atoms with Crippen molar-refractivity contribution in [1.82, 2.24) is 0 Å². The van der Waals surface area contributed by atoms with Crippen LogP contribution in [0.3, 0.4) is 0 Å². The van der Waals surface area contributed by atoms with Crippen LogP contribution in [-0.2, 0) is 9.59 Å². The molecule has 0 spiro atoms. The number of carboxylic acids is 2. The standard InChI is InChI=1S/C18H18O5/c1-11(10-15(19)20)16-13-7-5-4-6-12(13)8-9-14(16)23-18(2,3)17(21)22/h4-10H,1-3H3,(H,19,20)(H,21,22)/b11-10+. The lowest BCUT2D eigenvalue weighted by molar-refractivity contribution is -0.152. The van der Waals surface area contributed by atoms with E-state index < -0.39 is 17.5 Å². The van der Waals surface area contributed by atoms with Crippen LogP contribution in [0.5, 0.6) is 5.75 Å². The maximum absolute atomic E-state index is 11.3. The molecule has 2 rings (SSSR count). The summed E-state index contributed by atoms with van der Waals surface area (Å²) in [6.45, 7) is 4.56. The highest BCUT2D eigenvalue weighted by Gasteiger charge is 2.30. The van der Waals surface area contributed by atoms with Crippen molar-refractivity contribution in [2.75, 3.05) is 0 Å². The van der Waals surface area contributed by atoms with Gasteiger partial charge in [-0.05, 0) is 43.2 Å². The lowest BCUT2D eigenvalue weighted by Crippen LogP contribution is -2.38. The van der Waals surface area contributed by atoms with Gasteiger partial charge in [0.2, 0.25) is 0 Å². The second-order valence-corrected chi connectivity index (χ2v) is 5.74. The fourth-order valence-electron chi connectivity index (χ4n) is 2.32. The van der Waals surface area contributed by atoms with Crippen molar-refractivity contribution in [3.05, 3.63) is 48.0 Å². The molecule has 0 heterocycles. The van der Waals surface area contributed by atoms with E-state index in [1.165, 1.54) is 13.8 Å². The van der Waals surface area contributed by atoms with Crippen molar-refractivity contribution in [3.63, 3.8) is 0 Å². The Labute approximate surface area is 133 Å². The topological polar surface area (TPSA) is 83.8 Å². The van der Waals surface area contributed by atoms with E-state index in [9.17, 15) is 14.7 Å². The maximum atomic E-state index is 11.3. The number of hydrogen-bond acceptors (Lipinski definition) is 3. The van der Waals surface area contributed by atoms with Crippen LogP contribution in [0.25, 0.3) is 16.3 Å². The molecule has 0 bridgehead atoms. The fraction of sp³-hybridized carbons (Fsp3) is 0.222. The Balaban J connectivity index is 2.70.